The van der Waals surface area contributed by atoms with Gasteiger partial charge in [-0.25, -0.2) is 17.1 Å². The number of aryl methyl sites for hydroxylation is 1. The molecule has 2 rings (SSSR count). The molecule has 0 bridgehead atoms. The number of carbonyl (C=O) groups excluding carboxylic acids is 1. The molecule has 1 amide bonds. The van der Waals surface area contributed by atoms with Gasteiger partial charge in [0, 0.05) is 19.6 Å². The number of benzene rings is 2. The maximum absolute atomic E-state index is 12.9. The van der Waals surface area contributed by atoms with Crippen molar-refractivity contribution in [2.24, 2.45) is 0 Å². The van der Waals surface area contributed by atoms with Gasteiger partial charge in [0.15, 0.2) is 0 Å². The smallest absolute Gasteiger partial charge is 0.224 e. The summed E-state index contributed by atoms with van der Waals surface area (Å²) < 4.78 is 38.2. The van der Waals surface area contributed by atoms with Gasteiger partial charge in [-0.1, -0.05) is 42.0 Å². The Morgan fingerprint density at radius 1 is 1.00 bits per heavy atom. The second-order valence-corrected chi connectivity index (χ2v) is 8.53. The number of hydrogen-bond acceptors (Lipinski definition) is 3. The third kappa shape index (κ3) is 7.48. The lowest BCUT2D eigenvalue weighted by molar-refractivity contribution is -0.120. The Morgan fingerprint density at radius 3 is 2.19 bits per heavy atom. The van der Waals surface area contributed by atoms with E-state index in [4.69, 9.17) is 0 Å². The van der Waals surface area contributed by atoms with E-state index >= 15 is 0 Å². The first-order chi connectivity index (χ1) is 12.7. The van der Waals surface area contributed by atoms with Crippen molar-refractivity contribution in [3.05, 3.63) is 71.0 Å². The van der Waals surface area contributed by atoms with Crippen LogP contribution >= 0.6 is 0 Å². The molecule has 7 heteroatoms. The minimum absolute atomic E-state index is 0.147. The Labute approximate surface area is 160 Å². The molecule has 2 aromatic carbocycles. The summed E-state index contributed by atoms with van der Waals surface area (Å²) >= 11 is 0. The quantitative estimate of drug-likeness (QED) is 0.712. The molecule has 1 N–H and O–H groups in total. The number of rotatable bonds is 9. The molecule has 0 atom stereocenters. The van der Waals surface area contributed by atoms with E-state index in [-0.39, 0.29) is 37.8 Å². The number of amides is 1. The summed E-state index contributed by atoms with van der Waals surface area (Å²) in [7, 11) is -3.40. The first-order valence-corrected chi connectivity index (χ1v) is 10.6. The lowest BCUT2D eigenvalue weighted by Gasteiger charge is -2.20. The van der Waals surface area contributed by atoms with Crippen LogP contribution in [-0.4, -0.2) is 44.5 Å². The minimum atomic E-state index is -3.40. The summed E-state index contributed by atoms with van der Waals surface area (Å²) in [6.45, 7) is 2.69. The van der Waals surface area contributed by atoms with Crippen molar-refractivity contribution in [3.63, 3.8) is 0 Å². The molecule has 0 radical (unpaired) electrons. The summed E-state index contributed by atoms with van der Waals surface area (Å²) in [5.41, 5.74) is 2.90. The number of halogens is 1. The van der Waals surface area contributed by atoms with Gasteiger partial charge >= 0.3 is 0 Å². The van der Waals surface area contributed by atoms with E-state index in [2.05, 4.69) is 5.32 Å². The zero-order valence-corrected chi connectivity index (χ0v) is 16.4. The normalized spacial score (nSPS) is 11.6. The third-order valence-corrected chi connectivity index (χ3v) is 5.50. The number of nitrogens with one attached hydrogen (secondary N) is 1. The number of nitrogens with zero attached hydrogens (tertiary/aromatic N) is 1. The number of hydrogen-bond donors (Lipinski definition) is 1. The predicted octanol–water partition coefficient (Wildman–Crippen LogP) is 2.30. The highest BCUT2D eigenvalue weighted by Gasteiger charge is 2.16. The molecule has 0 saturated carbocycles. The first-order valence-electron chi connectivity index (χ1n) is 8.76. The third-order valence-electron chi connectivity index (χ3n) is 4.20. The topological polar surface area (TPSA) is 66.5 Å². The molecule has 0 saturated heterocycles. The van der Waals surface area contributed by atoms with Crippen LogP contribution in [0.25, 0.3) is 0 Å². The molecule has 0 aliphatic heterocycles. The van der Waals surface area contributed by atoms with Gasteiger partial charge in [-0.05, 0) is 36.6 Å². The Hall–Kier alpha value is -2.25. The average molecular weight is 392 g/mol. The molecule has 0 unspecified atom stereocenters. The van der Waals surface area contributed by atoms with Gasteiger partial charge in [0.1, 0.15) is 5.82 Å². The molecule has 0 heterocycles. The van der Waals surface area contributed by atoms with Crippen LogP contribution in [0.2, 0.25) is 0 Å². The zero-order chi connectivity index (χ0) is 19.9. The standard InChI is InChI=1S/C20H25FN2O3S/c1-16-3-5-18(6-4-16)15-20(24)22-12-14-23(27(2,25)26)13-11-17-7-9-19(21)10-8-17/h3-10H,11-15H2,1-2H3,(H,22,24). The molecule has 2 aromatic rings. The fourth-order valence-electron chi connectivity index (χ4n) is 2.62. The molecule has 0 fully saturated rings. The van der Waals surface area contributed by atoms with Gasteiger partial charge in [-0.15, -0.1) is 0 Å². The summed E-state index contributed by atoms with van der Waals surface area (Å²) in [6, 6.07) is 13.7. The van der Waals surface area contributed by atoms with E-state index in [0.29, 0.717) is 6.42 Å². The van der Waals surface area contributed by atoms with Crippen LogP contribution in [0.4, 0.5) is 4.39 Å². The highest BCUT2D eigenvalue weighted by atomic mass is 32.2. The minimum Gasteiger partial charge on any atom is -0.354 e. The Balaban J connectivity index is 1.82. The highest BCUT2D eigenvalue weighted by molar-refractivity contribution is 7.88. The SMILES string of the molecule is Cc1ccc(CC(=O)NCCN(CCc2ccc(F)cc2)S(C)(=O)=O)cc1. The predicted molar refractivity (Wildman–Crippen MR) is 104 cm³/mol. The molecular formula is C20H25FN2O3S. The lowest BCUT2D eigenvalue weighted by Crippen LogP contribution is -2.39. The molecule has 146 valence electrons. The van der Waals surface area contributed by atoms with Crippen molar-refractivity contribution >= 4 is 15.9 Å². The van der Waals surface area contributed by atoms with E-state index < -0.39 is 10.0 Å². The average Bonchev–Trinajstić information content (AvgIpc) is 2.60. The van der Waals surface area contributed by atoms with Gasteiger partial charge in [0.05, 0.1) is 12.7 Å². The van der Waals surface area contributed by atoms with Gasteiger partial charge in [0.25, 0.3) is 0 Å². The van der Waals surface area contributed by atoms with Crippen LogP contribution in [0, 0.1) is 12.7 Å². The summed E-state index contributed by atoms with van der Waals surface area (Å²) in [5.74, 6) is -0.471. The molecule has 0 aliphatic carbocycles. The zero-order valence-electron chi connectivity index (χ0n) is 15.6. The van der Waals surface area contributed by atoms with E-state index in [0.717, 1.165) is 22.9 Å². The second kappa shape index (κ2) is 9.62. The largest absolute Gasteiger partial charge is 0.354 e. The highest BCUT2D eigenvalue weighted by Crippen LogP contribution is 2.07. The Kier molecular flexibility index (Phi) is 7.50. The lowest BCUT2D eigenvalue weighted by atomic mass is 10.1. The molecule has 27 heavy (non-hydrogen) atoms. The first kappa shape index (κ1) is 21.1. The number of sulfonamides is 1. The van der Waals surface area contributed by atoms with Crippen molar-refractivity contribution in [2.45, 2.75) is 19.8 Å². The van der Waals surface area contributed by atoms with Crippen molar-refractivity contribution in [2.75, 3.05) is 25.9 Å². The summed E-state index contributed by atoms with van der Waals surface area (Å²) in [5, 5.41) is 2.76. The van der Waals surface area contributed by atoms with Crippen molar-refractivity contribution < 1.29 is 17.6 Å². The van der Waals surface area contributed by atoms with E-state index in [1.165, 1.54) is 16.4 Å². The Morgan fingerprint density at radius 2 is 1.59 bits per heavy atom. The maximum atomic E-state index is 12.9. The molecule has 0 aromatic heterocycles. The summed E-state index contributed by atoms with van der Waals surface area (Å²) in [4.78, 5) is 12.0. The number of carbonyl (C=O) groups is 1. The van der Waals surface area contributed by atoms with Gasteiger partial charge < -0.3 is 5.32 Å². The van der Waals surface area contributed by atoms with Crippen LogP contribution < -0.4 is 5.32 Å². The van der Waals surface area contributed by atoms with E-state index in [1.807, 2.05) is 31.2 Å². The van der Waals surface area contributed by atoms with Crippen LogP contribution in [0.3, 0.4) is 0 Å². The van der Waals surface area contributed by atoms with E-state index in [1.54, 1.807) is 12.1 Å². The van der Waals surface area contributed by atoms with Gasteiger partial charge in [0.2, 0.25) is 15.9 Å². The van der Waals surface area contributed by atoms with Crippen molar-refractivity contribution in [1.82, 2.24) is 9.62 Å². The van der Waals surface area contributed by atoms with Crippen LogP contribution in [0.1, 0.15) is 16.7 Å². The molecule has 0 aliphatic rings. The van der Waals surface area contributed by atoms with Crippen LogP contribution in [0.5, 0.6) is 0 Å². The maximum Gasteiger partial charge on any atom is 0.224 e. The Bertz CT molecular complexity index is 850. The summed E-state index contributed by atoms with van der Waals surface area (Å²) in [6.07, 6.45) is 1.88. The van der Waals surface area contributed by atoms with Gasteiger partial charge in [-0.2, -0.15) is 0 Å². The molecular weight excluding hydrogens is 367 g/mol. The monoisotopic (exact) mass is 392 g/mol. The van der Waals surface area contributed by atoms with Crippen molar-refractivity contribution in [1.29, 1.82) is 0 Å². The van der Waals surface area contributed by atoms with Crippen molar-refractivity contribution in [3.8, 4) is 0 Å². The van der Waals surface area contributed by atoms with Crippen LogP contribution in [-0.2, 0) is 27.7 Å². The molecule has 0 spiro atoms. The van der Waals surface area contributed by atoms with Crippen LogP contribution in [0.15, 0.2) is 48.5 Å². The van der Waals surface area contributed by atoms with E-state index in [9.17, 15) is 17.6 Å². The van der Waals surface area contributed by atoms with Gasteiger partial charge in [-0.3, -0.25) is 4.79 Å². The molecule has 5 nitrogen and oxygen atoms in total. The fraction of sp³-hybridized carbons (Fsp3) is 0.350. The second-order valence-electron chi connectivity index (χ2n) is 6.55. The fourth-order valence-corrected chi connectivity index (χ4v) is 3.47.